The Morgan fingerprint density at radius 3 is 2.66 bits per heavy atom. The van der Waals surface area contributed by atoms with Gasteiger partial charge in [0.05, 0.1) is 12.7 Å². The number of hydrogen-bond acceptors (Lipinski definition) is 7. The predicted molar refractivity (Wildman–Crippen MR) is 124 cm³/mol. The van der Waals surface area contributed by atoms with Gasteiger partial charge in [0.25, 0.3) is 0 Å². The van der Waals surface area contributed by atoms with Crippen molar-refractivity contribution in [2.75, 3.05) is 32.5 Å². The fraction of sp³-hybridized carbons (Fsp3) is 0.565. The quantitative estimate of drug-likeness (QED) is 0.630. The highest BCUT2D eigenvalue weighted by atomic mass is 35.5. The van der Waals surface area contributed by atoms with Gasteiger partial charge in [-0.25, -0.2) is 0 Å². The van der Waals surface area contributed by atoms with Gasteiger partial charge >= 0.3 is 5.82 Å². The highest BCUT2D eigenvalue weighted by molar-refractivity contribution is 6.31. The second-order valence-corrected chi connectivity index (χ2v) is 9.94. The molecular weight excluding hydrogens is 428 g/mol. The molecule has 2 aliphatic rings. The summed E-state index contributed by atoms with van der Waals surface area (Å²) in [4.78, 5) is 10.8. The second kappa shape index (κ2) is 8.24. The molecule has 1 saturated heterocycles. The Balaban J connectivity index is 1.71. The van der Waals surface area contributed by atoms with Crippen LogP contribution in [0.1, 0.15) is 68.0 Å². The number of nitrogens with zero attached hydrogens (tertiary/aromatic N) is 5. The molecule has 1 aromatic heterocycles. The zero-order valence-corrected chi connectivity index (χ0v) is 20.3. The minimum absolute atomic E-state index is 0.123. The van der Waals surface area contributed by atoms with E-state index < -0.39 is 5.60 Å². The fourth-order valence-corrected chi connectivity index (χ4v) is 5.14. The zero-order chi connectivity index (χ0) is 23.4. The number of anilines is 1. The monoisotopic (exact) mass is 459 g/mol. The summed E-state index contributed by atoms with van der Waals surface area (Å²) in [5.41, 5.74) is 9.35. The summed E-state index contributed by atoms with van der Waals surface area (Å²) in [6.07, 6.45) is 1.47. The van der Waals surface area contributed by atoms with Crippen LogP contribution in [0.25, 0.3) is 0 Å². The number of nitrogens with two attached hydrogens (primary N) is 1. The van der Waals surface area contributed by atoms with Crippen LogP contribution in [0.3, 0.4) is 0 Å². The number of rotatable bonds is 6. The third-order valence-corrected chi connectivity index (χ3v) is 6.77. The molecule has 8 nitrogen and oxygen atoms in total. The predicted octanol–water partition coefficient (Wildman–Crippen LogP) is 4.13. The van der Waals surface area contributed by atoms with Crippen LogP contribution in [0.2, 0.25) is 5.02 Å². The molecular formula is C23H32ClN6O2+. The SMILES string of the molecule is COc1c(C(C)[N+]2=NC(C)c3c(N)ncnc32)cc(Cl)c(C)c1C1CN(CC(C)(C)O)C1. The summed E-state index contributed by atoms with van der Waals surface area (Å²) in [5, 5.41) is 15.7. The maximum atomic E-state index is 10.1. The first kappa shape index (κ1) is 22.9. The van der Waals surface area contributed by atoms with Gasteiger partial charge in [0.2, 0.25) is 6.33 Å². The molecule has 2 aromatic rings. The van der Waals surface area contributed by atoms with Crippen molar-refractivity contribution < 1.29 is 14.5 Å². The minimum Gasteiger partial charge on any atom is -0.496 e. The molecule has 0 saturated carbocycles. The van der Waals surface area contributed by atoms with Gasteiger partial charge in [0, 0.05) is 41.7 Å². The van der Waals surface area contributed by atoms with E-state index in [4.69, 9.17) is 27.2 Å². The first-order valence-electron chi connectivity index (χ1n) is 10.9. The molecule has 3 N–H and O–H groups in total. The summed E-state index contributed by atoms with van der Waals surface area (Å²) < 4.78 is 7.87. The van der Waals surface area contributed by atoms with Gasteiger partial charge in [-0.2, -0.15) is 4.98 Å². The highest BCUT2D eigenvalue weighted by Gasteiger charge is 2.40. The standard InChI is InChI=1S/C23H32ClN6O2/c1-12-17(24)7-16(14(3)30-22-19(13(2)28-30)21(25)26-11-27-22)20(32-6)18(12)15-8-29(9-15)10-23(4,5)31/h7,11,13-15,31H,8-10H2,1-6H3,(H2,25,26,27)/q+1. The molecule has 1 fully saturated rings. The Morgan fingerprint density at radius 2 is 2.03 bits per heavy atom. The number of likely N-dealkylation sites (tertiary alicyclic amines) is 1. The van der Waals surface area contributed by atoms with Crippen LogP contribution in [0.4, 0.5) is 11.6 Å². The molecule has 2 unspecified atom stereocenters. The lowest BCUT2D eigenvalue weighted by Crippen LogP contribution is -2.51. The summed E-state index contributed by atoms with van der Waals surface area (Å²) in [7, 11) is 1.70. The van der Waals surface area contributed by atoms with Gasteiger partial charge < -0.3 is 15.6 Å². The molecule has 2 atom stereocenters. The first-order chi connectivity index (χ1) is 15.0. The van der Waals surface area contributed by atoms with E-state index in [1.54, 1.807) is 7.11 Å². The smallest absolute Gasteiger partial charge is 0.354 e. The summed E-state index contributed by atoms with van der Waals surface area (Å²) in [6, 6.07) is 1.69. The van der Waals surface area contributed by atoms with Crippen LogP contribution < -0.4 is 10.5 Å². The lowest BCUT2D eigenvalue weighted by molar-refractivity contribution is -0.555. The Labute approximate surface area is 194 Å². The van der Waals surface area contributed by atoms with E-state index in [2.05, 4.69) is 21.8 Å². The summed E-state index contributed by atoms with van der Waals surface area (Å²) >= 11 is 6.72. The van der Waals surface area contributed by atoms with Gasteiger partial charge in [-0.15, -0.1) is 9.81 Å². The average molecular weight is 460 g/mol. The van der Waals surface area contributed by atoms with Crippen LogP contribution in [-0.2, 0) is 0 Å². The van der Waals surface area contributed by atoms with Crippen LogP contribution in [0.15, 0.2) is 17.5 Å². The van der Waals surface area contributed by atoms with Crippen molar-refractivity contribution in [1.29, 1.82) is 0 Å². The Kier molecular flexibility index (Phi) is 5.90. The third kappa shape index (κ3) is 3.95. The number of fused-ring (bicyclic) bond motifs is 1. The molecule has 0 radical (unpaired) electrons. The molecule has 2 aliphatic heterocycles. The Hall–Kier alpha value is -2.29. The van der Waals surface area contributed by atoms with E-state index in [9.17, 15) is 5.11 Å². The van der Waals surface area contributed by atoms with Crippen molar-refractivity contribution >= 4 is 23.2 Å². The lowest BCUT2D eigenvalue weighted by Gasteiger charge is -2.43. The number of benzene rings is 1. The third-order valence-electron chi connectivity index (χ3n) is 6.37. The van der Waals surface area contributed by atoms with E-state index in [1.807, 2.05) is 38.5 Å². The van der Waals surface area contributed by atoms with E-state index in [1.165, 1.54) is 6.33 Å². The molecule has 0 amide bonds. The molecule has 9 heteroatoms. The molecule has 0 aliphatic carbocycles. The van der Waals surface area contributed by atoms with Gasteiger partial charge in [0.15, 0.2) is 0 Å². The minimum atomic E-state index is -0.719. The molecule has 3 heterocycles. The van der Waals surface area contributed by atoms with E-state index in [-0.39, 0.29) is 18.0 Å². The first-order valence-corrected chi connectivity index (χ1v) is 11.3. The van der Waals surface area contributed by atoms with Gasteiger partial charge in [-0.3, -0.25) is 4.90 Å². The average Bonchev–Trinajstić information content (AvgIpc) is 3.03. The summed E-state index contributed by atoms with van der Waals surface area (Å²) in [5.74, 6) is 2.30. The van der Waals surface area contributed by atoms with E-state index >= 15 is 0 Å². The topological polar surface area (TPSA) is 99.9 Å². The Bertz CT molecular complexity index is 1080. The van der Waals surface area contributed by atoms with E-state index in [0.717, 1.165) is 46.9 Å². The molecule has 172 valence electrons. The van der Waals surface area contributed by atoms with Crippen molar-refractivity contribution in [3.05, 3.63) is 39.7 Å². The van der Waals surface area contributed by atoms with Crippen molar-refractivity contribution in [2.24, 2.45) is 5.11 Å². The van der Waals surface area contributed by atoms with Gasteiger partial charge in [-0.05, 0) is 51.2 Å². The van der Waals surface area contributed by atoms with Gasteiger partial charge in [0.1, 0.15) is 29.2 Å². The number of aliphatic hydroxyl groups is 1. The number of hydrogen-bond donors (Lipinski definition) is 2. The van der Waals surface area contributed by atoms with Crippen molar-refractivity contribution in [2.45, 2.75) is 58.2 Å². The van der Waals surface area contributed by atoms with Crippen LogP contribution in [0.5, 0.6) is 5.75 Å². The van der Waals surface area contributed by atoms with Crippen molar-refractivity contribution in [1.82, 2.24) is 14.9 Å². The highest BCUT2D eigenvalue weighted by Crippen LogP contribution is 2.46. The molecule has 1 aromatic carbocycles. The molecule has 32 heavy (non-hydrogen) atoms. The fourth-order valence-electron chi connectivity index (χ4n) is 4.92. The Morgan fingerprint density at radius 1 is 1.34 bits per heavy atom. The number of halogens is 1. The summed E-state index contributed by atoms with van der Waals surface area (Å²) in [6.45, 7) is 12.1. The van der Waals surface area contributed by atoms with Crippen LogP contribution in [0, 0.1) is 6.92 Å². The number of aromatic nitrogens is 2. The lowest BCUT2D eigenvalue weighted by atomic mass is 9.84. The number of nitrogen functional groups attached to an aromatic ring is 1. The zero-order valence-electron chi connectivity index (χ0n) is 19.6. The van der Waals surface area contributed by atoms with Crippen LogP contribution in [-0.4, -0.2) is 57.0 Å². The van der Waals surface area contributed by atoms with E-state index in [0.29, 0.717) is 17.4 Å². The van der Waals surface area contributed by atoms with Crippen molar-refractivity contribution in [3.63, 3.8) is 0 Å². The number of azo groups is 2. The maximum absolute atomic E-state index is 10.1. The number of ether oxygens (including phenoxy) is 1. The van der Waals surface area contributed by atoms with Gasteiger partial charge in [-0.1, -0.05) is 11.6 Å². The van der Waals surface area contributed by atoms with Crippen molar-refractivity contribution in [3.8, 4) is 5.75 Å². The number of methoxy groups -OCH3 is 1. The largest absolute Gasteiger partial charge is 0.496 e. The molecule has 0 bridgehead atoms. The molecule has 4 rings (SSSR count). The number of β-amino-alcohol motifs (C(OH)–C–C–N with tert-alkyl or cyclic N) is 1. The normalized spacial score (nSPS) is 20.0. The maximum Gasteiger partial charge on any atom is 0.354 e. The molecule has 0 spiro atoms. The second-order valence-electron chi connectivity index (χ2n) is 9.53. The van der Waals surface area contributed by atoms with Crippen LogP contribution >= 0.6 is 11.6 Å².